The van der Waals surface area contributed by atoms with Crippen molar-refractivity contribution in [3.63, 3.8) is 0 Å². The van der Waals surface area contributed by atoms with Gasteiger partial charge in [0.25, 0.3) is 0 Å². The Morgan fingerprint density at radius 2 is 1.76 bits per heavy atom. The van der Waals surface area contributed by atoms with Crippen LogP contribution in [0.25, 0.3) is 21.8 Å². The molecule has 2 heterocycles. The molecule has 0 amide bonds. The molecule has 0 spiro atoms. The number of fused-ring (bicyclic) bond motifs is 3. The lowest BCUT2D eigenvalue weighted by atomic mass is 10.1. The van der Waals surface area contributed by atoms with Crippen LogP contribution in [0.4, 0.5) is 26.3 Å². The predicted molar refractivity (Wildman–Crippen MR) is 110 cm³/mol. The third-order valence-electron chi connectivity index (χ3n) is 5.59. The molecule has 1 aromatic heterocycles. The van der Waals surface area contributed by atoms with E-state index in [-0.39, 0.29) is 22.2 Å². The molecule has 5 nitrogen and oxygen atoms in total. The summed E-state index contributed by atoms with van der Waals surface area (Å²) < 4.78 is 113. The normalized spacial score (nSPS) is 18.6. The standard InChI is InChI=1S/C21H20F6N2O3S/c1-33(30,31)19-14(21(25,26)27)9-16(32-12-4-2-3-7-28-10-12)18-17(19)13-8-11(20(22,23)24)5-6-15(13)29-18/h5-6,8-9,12,28-29H,2-4,7,10H2,1H3/t12-/m1/s1. The fraction of sp³-hybridized carbons (Fsp3) is 0.429. The van der Waals surface area contributed by atoms with Crippen molar-refractivity contribution in [2.45, 2.75) is 42.6 Å². The minimum Gasteiger partial charge on any atom is -0.487 e. The summed E-state index contributed by atoms with van der Waals surface area (Å²) in [6, 6.07) is 3.11. The van der Waals surface area contributed by atoms with E-state index in [2.05, 4.69) is 10.3 Å². The zero-order valence-corrected chi connectivity index (χ0v) is 18.1. The summed E-state index contributed by atoms with van der Waals surface area (Å²) in [6.45, 7) is 1.10. The second kappa shape index (κ2) is 8.08. The average molecular weight is 494 g/mol. The smallest absolute Gasteiger partial charge is 0.417 e. The van der Waals surface area contributed by atoms with Crippen LogP contribution in [0.3, 0.4) is 0 Å². The zero-order valence-electron chi connectivity index (χ0n) is 17.3. The fourth-order valence-electron chi connectivity index (χ4n) is 4.15. The molecule has 180 valence electrons. The lowest BCUT2D eigenvalue weighted by Crippen LogP contribution is -2.29. The van der Waals surface area contributed by atoms with Gasteiger partial charge in [-0.15, -0.1) is 0 Å². The molecule has 2 N–H and O–H groups in total. The molecule has 0 unspecified atom stereocenters. The summed E-state index contributed by atoms with van der Waals surface area (Å²) in [5, 5.41) is 2.37. The summed E-state index contributed by atoms with van der Waals surface area (Å²) in [4.78, 5) is 1.70. The summed E-state index contributed by atoms with van der Waals surface area (Å²) in [6.07, 6.45) is -7.55. The SMILES string of the molecule is CS(=O)(=O)c1c(C(F)(F)F)cc(O[C@@H]2CCCCNC2)c2[nH]c3ccc(C(F)(F)F)cc3c12. The highest BCUT2D eigenvalue weighted by atomic mass is 32.2. The first-order valence-electron chi connectivity index (χ1n) is 10.1. The van der Waals surface area contributed by atoms with Gasteiger partial charge in [-0.3, -0.25) is 0 Å². The van der Waals surface area contributed by atoms with Crippen LogP contribution in [0.1, 0.15) is 30.4 Å². The molecule has 1 aliphatic heterocycles. The van der Waals surface area contributed by atoms with Gasteiger partial charge in [0.05, 0.1) is 21.5 Å². The molecule has 2 aromatic carbocycles. The molecule has 3 aromatic rings. The van der Waals surface area contributed by atoms with Crippen LogP contribution in [-0.4, -0.2) is 38.9 Å². The summed E-state index contributed by atoms with van der Waals surface area (Å²) >= 11 is 0. The number of rotatable bonds is 3. The number of nitrogens with one attached hydrogen (secondary N) is 2. The van der Waals surface area contributed by atoms with Gasteiger partial charge >= 0.3 is 12.4 Å². The molecule has 0 saturated carbocycles. The number of H-pyrrole nitrogens is 1. The first kappa shape index (κ1) is 23.7. The van der Waals surface area contributed by atoms with Crippen LogP contribution in [0.5, 0.6) is 5.75 Å². The Hall–Kier alpha value is -2.47. The van der Waals surface area contributed by atoms with E-state index >= 15 is 0 Å². The monoisotopic (exact) mass is 494 g/mol. The number of ether oxygens (including phenoxy) is 1. The minimum absolute atomic E-state index is 0.0612. The first-order valence-corrected chi connectivity index (χ1v) is 12.0. The molecule has 1 fully saturated rings. The van der Waals surface area contributed by atoms with Crippen LogP contribution >= 0.6 is 0 Å². The molecular formula is C21H20F6N2O3S. The van der Waals surface area contributed by atoms with E-state index in [1.807, 2.05) is 0 Å². The van der Waals surface area contributed by atoms with E-state index in [0.717, 1.165) is 31.5 Å². The second-order valence-electron chi connectivity index (χ2n) is 8.09. The highest BCUT2D eigenvalue weighted by molar-refractivity contribution is 7.91. The Kier molecular flexibility index (Phi) is 5.80. The van der Waals surface area contributed by atoms with Gasteiger partial charge in [0, 0.05) is 29.1 Å². The molecule has 1 saturated heterocycles. The number of benzene rings is 2. The van der Waals surface area contributed by atoms with Crippen molar-refractivity contribution in [3.05, 3.63) is 35.4 Å². The second-order valence-corrected chi connectivity index (χ2v) is 10.0. The van der Waals surface area contributed by atoms with Crippen LogP contribution in [-0.2, 0) is 22.2 Å². The van der Waals surface area contributed by atoms with Crippen LogP contribution in [0.2, 0.25) is 0 Å². The molecule has 4 rings (SSSR count). The van der Waals surface area contributed by atoms with E-state index < -0.39 is 49.7 Å². The van der Waals surface area contributed by atoms with Gasteiger partial charge in [0.1, 0.15) is 11.9 Å². The van der Waals surface area contributed by atoms with Crippen molar-refractivity contribution >= 4 is 31.6 Å². The van der Waals surface area contributed by atoms with Crippen molar-refractivity contribution < 1.29 is 39.5 Å². The number of sulfone groups is 1. The number of hydrogen-bond donors (Lipinski definition) is 2. The topological polar surface area (TPSA) is 71.2 Å². The maximum absolute atomic E-state index is 14.0. The zero-order chi connectivity index (χ0) is 24.2. The predicted octanol–water partition coefficient (Wildman–Crippen LogP) is 5.28. The highest BCUT2D eigenvalue weighted by Gasteiger charge is 2.40. The van der Waals surface area contributed by atoms with E-state index in [0.29, 0.717) is 31.4 Å². The van der Waals surface area contributed by atoms with Gasteiger partial charge in [0.15, 0.2) is 9.84 Å². The molecular weight excluding hydrogens is 474 g/mol. The number of alkyl halides is 6. The number of aromatic amines is 1. The molecule has 0 aliphatic carbocycles. The molecule has 33 heavy (non-hydrogen) atoms. The number of hydrogen-bond acceptors (Lipinski definition) is 4. The molecule has 0 radical (unpaired) electrons. The summed E-state index contributed by atoms with van der Waals surface area (Å²) in [5.41, 5.74) is -2.62. The third kappa shape index (κ3) is 4.63. The largest absolute Gasteiger partial charge is 0.487 e. The molecule has 1 atom stereocenters. The fourth-order valence-corrected chi connectivity index (χ4v) is 5.31. The summed E-state index contributed by atoms with van der Waals surface area (Å²) in [7, 11) is -4.50. The Bertz CT molecular complexity index is 1300. The maximum atomic E-state index is 14.0. The van der Waals surface area contributed by atoms with Crippen LogP contribution in [0.15, 0.2) is 29.2 Å². The average Bonchev–Trinajstić information content (AvgIpc) is 2.86. The van der Waals surface area contributed by atoms with Crippen molar-refractivity contribution in [2.75, 3.05) is 19.3 Å². The summed E-state index contributed by atoms with van der Waals surface area (Å²) in [5.74, 6) is -0.261. The number of halogens is 6. The Balaban J connectivity index is 2.08. The number of aromatic nitrogens is 1. The van der Waals surface area contributed by atoms with E-state index in [1.54, 1.807) is 0 Å². The third-order valence-corrected chi connectivity index (χ3v) is 6.76. The maximum Gasteiger partial charge on any atom is 0.417 e. The Morgan fingerprint density at radius 3 is 2.39 bits per heavy atom. The van der Waals surface area contributed by atoms with E-state index in [1.165, 1.54) is 0 Å². The minimum atomic E-state index is -5.09. The molecule has 1 aliphatic rings. The lowest BCUT2D eigenvalue weighted by molar-refractivity contribution is -0.140. The van der Waals surface area contributed by atoms with Gasteiger partial charge in [-0.2, -0.15) is 26.3 Å². The van der Waals surface area contributed by atoms with Gasteiger partial charge in [-0.25, -0.2) is 8.42 Å². The van der Waals surface area contributed by atoms with Gasteiger partial charge in [-0.05, 0) is 50.1 Å². The Morgan fingerprint density at radius 1 is 1.03 bits per heavy atom. The van der Waals surface area contributed by atoms with Gasteiger partial charge in [-0.1, -0.05) is 0 Å². The Labute approximate surface area is 185 Å². The molecule has 0 bridgehead atoms. The van der Waals surface area contributed by atoms with E-state index in [9.17, 15) is 34.8 Å². The van der Waals surface area contributed by atoms with E-state index in [4.69, 9.17) is 4.74 Å². The van der Waals surface area contributed by atoms with Crippen molar-refractivity contribution in [2.24, 2.45) is 0 Å². The van der Waals surface area contributed by atoms with Gasteiger partial charge < -0.3 is 15.0 Å². The van der Waals surface area contributed by atoms with Crippen molar-refractivity contribution in [1.82, 2.24) is 10.3 Å². The van der Waals surface area contributed by atoms with Crippen LogP contribution in [0, 0.1) is 0 Å². The highest BCUT2D eigenvalue weighted by Crippen LogP contribution is 2.46. The first-order chi connectivity index (χ1) is 15.3. The molecule has 12 heteroatoms. The van der Waals surface area contributed by atoms with Crippen molar-refractivity contribution in [1.29, 1.82) is 0 Å². The van der Waals surface area contributed by atoms with Crippen molar-refractivity contribution in [3.8, 4) is 5.75 Å². The van der Waals surface area contributed by atoms with Gasteiger partial charge in [0.2, 0.25) is 0 Å². The van der Waals surface area contributed by atoms with Crippen LogP contribution < -0.4 is 10.1 Å². The quantitative estimate of drug-likeness (QED) is 0.486. The lowest BCUT2D eigenvalue weighted by Gasteiger charge is -2.21.